The molecule has 0 radical (unpaired) electrons. The molecule has 0 fully saturated rings. The standard InChI is InChI=1S/C23H22N4O3/c1-16(20-12-13-30-25-20)26(2)22(28)15-27-23(29)19-11-7-6-10-18(19)21(24-27)14-17-8-4-3-5-9-17/h3-13,16H,14-15H2,1-2H3/t16-/m0/s1. The Morgan fingerprint density at radius 2 is 1.77 bits per heavy atom. The fourth-order valence-corrected chi connectivity index (χ4v) is 3.42. The first-order valence-electron chi connectivity index (χ1n) is 9.73. The number of carbonyl (C=O) groups excluding carboxylic acids is 1. The van der Waals surface area contributed by atoms with Gasteiger partial charge < -0.3 is 9.42 Å². The van der Waals surface area contributed by atoms with Gasteiger partial charge in [-0.15, -0.1) is 0 Å². The molecule has 0 N–H and O–H groups in total. The average Bonchev–Trinajstić information content (AvgIpc) is 3.31. The minimum Gasteiger partial charge on any atom is -0.364 e. The number of hydrogen-bond donors (Lipinski definition) is 0. The Labute approximate surface area is 173 Å². The van der Waals surface area contributed by atoms with Crippen molar-refractivity contribution in [3.63, 3.8) is 0 Å². The highest BCUT2D eigenvalue weighted by Crippen LogP contribution is 2.19. The van der Waals surface area contributed by atoms with Crippen molar-refractivity contribution in [3.8, 4) is 0 Å². The number of likely N-dealkylation sites (N-methyl/N-ethyl adjacent to an activating group) is 1. The fraction of sp³-hybridized carbons (Fsp3) is 0.217. The zero-order valence-corrected chi connectivity index (χ0v) is 16.9. The maximum atomic E-state index is 13.0. The van der Waals surface area contributed by atoms with Crippen LogP contribution in [0.15, 0.2) is 76.2 Å². The van der Waals surface area contributed by atoms with E-state index in [1.165, 1.54) is 15.8 Å². The highest BCUT2D eigenvalue weighted by Gasteiger charge is 2.21. The zero-order chi connectivity index (χ0) is 21.1. The minimum atomic E-state index is -0.281. The lowest BCUT2D eigenvalue weighted by Gasteiger charge is -2.23. The number of hydrogen-bond acceptors (Lipinski definition) is 5. The van der Waals surface area contributed by atoms with Gasteiger partial charge in [0.05, 0.1) is 17.1 Å². The Hall–Kier alpha value is -3.74. The van der Waals surface area contributed by atoms with Crippen LogP contribution in [0.1, 0.15) is 29.9 Å². The van der Waals surface area contributed by atoms with Crippen LogP contribution in [0.4, 0.5) is 0 Å². The highest BCUT2D eigenvalue weighted by molar-refractivity contribution is 5.84. The van der Waals surface area contributed by atoms with E-state index in [-0.39, 0.29) is 24.1 Å². The lowest BCUT2D eigenvalue weighted by molar-refractivity contribution is -0.132. The molecule has 0 spiro atoms. The van der Waals surface area contributed by atoms with Crippen LogP contribution in [0.25, 0.3) is 10.8 Å². The predicted molar refractivity (Wildman–Crippen MR) is 113 cm³/mol. The molecule has 7 nitrogen and oxygen atoms in total. The number of rotatable bonds is 6. The van der Waals surface area contributed by atoms with E-state index in [1.54, 1.807) is 19.2 Å². The topological polar surface area (TPSA) is 81.2 Å². The molecule has 0 unspecified atom stereocenters. The van der Waals surface area contributed by atoms with Gasteiger partial charge in [-0.2, -0.15) is 5.10 Å². The first-order chi connectivity index (χ1) is 14.5. The van der Waals surface area contributed by atoms with Gasteiger partial charge in [-0.3, -0.25) is 9.59 Å². The molecular weight excluding hydrogens is 380 g/mol. The number of nitrogens with zero attached hydrogens (tertiary/aromatic N) is 4. The van der Waals surface area contributed by atoms with Gasteiger partial charge in [-0.25, -0.2) is 4.68 Å². The van der Waals surface area contributed by atoms with Gasteiger partial charge in [-0.05, 0) is 18.6 Å². The molecule has 1 atom stereocenters. The lowest BCUT2D eigenvalue weighted by Crippen LogP contribution is -2.37. The Kier molecular flexibility index (Phi) is 5.43. The van der Waals surface area contributed by atoms with E-state index in [0.29, 0.717) is 17.5 Å². The van der Waals surface area contributed by atoms with Crippen molar-refractivity contribution in [2.24, 2.45) is 0 Å². The van der Waals surface area contributed by atoms with E-state index < -0.39 is 0 Å². The lowest BCUT2D eigenvalue weighted by atomic mass is 10.0. The summed E-state index contributed by atoms with van der Waals surface area (Å²) in [5.74, 6) is -0.235. The highest BCUT2D eigenvalue weighted by atomic mass is 16.5. The molecule has 4 rings (SSSR count). The number of carbonyl (C=O) groups is 1. The zero-order valence-electron chi connectivity index (χ0n) is 16.9. The second kappa shape index (κ2) is 8.32. The summed E-state index contributed by atoms with van der Waals surface area (Å²) in [6.07, 6.45) is 2.04. The normalized spacial score (nSPS) is 12.1. The van der Waals surface area contributed by atoms with Crippen LogP contribution < -0.4 is 5.56 Å². The summed E-state index contributed by atoms with van der Waals surface area (Å²) in [7, 11) is 1.68. The minimum absolute atomic E-state index is 0.149. The third kappa shape index (κ3) is 3.87. The van der Waals surface area contributed by atoms with Crippen LogP contribution in [0.5, 0.6) is 0 Å². The molecule has 1 amide bonds. The fourth-order valence-electron chi connectivity index (χ4n) is 3.42. The molecule has 152 valence electrons. The van der Waals surface area contributed by atoms with E-state index in [9.17, 15) is 9.59 Å². The second-order valence-electron chi connectivity index (χ2n) is 7.22. The van der Waals surface area contributed by atoms with Crippen molar-refractivity contribution in [2.75, 3.05) is 7.05 Å². The van der Waals surface area contributed by atoms with Crippen LogP contribution in [0.2, 0.25) is 0 Å². The number of aromatic nitrogens is 3. The number of benzene rings is 2. The summed E-state index contributed by atoms with van der Waals surface area (Å²) in [4.78, 5) is 27.4. The van der Waals surface area contributed by atoms with E-state index in [4.69, 9.17) is 4.52 Å². The molecule has 0 saturated carbocycles. The Bertz CT molecular complexity index is 1220. The van der Waals surface area contributed by atoms with Gasteiger partial charge in [0.25, 0.3) is 5.56 Å². The van der Waals surface area contributed by atoms with Crippen LogP contribution in [-0.2, 0) is 17.8 Å². The smallest absolute Gasteiger partial charge is 0.275 e. The molecule has 2 aromatic carbocycles. The molecule has 2 aromatic heterocycles. The van der Waals surface area contributed by atoms with E-state index >= 15 is 0 Å². The van der Waals surface area contributed by atoms with Crippen molar-refractivity contribution >= 4 is 16.7 Å². The number of fused-ring (bicyclic) bond motifs is 1. The molecule has 0 aliphatic heterocycles. The molecule has 2 heterocycles. The molecule has 0 aliphatic rings. The Morgan fingerprint density at radius 3 is 2.47 bits per heavy atom. The summed E-state index contributed by atoms with van der Waals surface area (Å²) in [5, 5.41) is 9.81. The van der Waals surface area contributed by atoms with Gasteiger partial charge in [0.1, 0.15) is 18.5 Å². The average molecular weight is 402 g/mol. The molecule has 0 saturated heterocycles. The maximum absolute atomic E-state index is 13.0. The Balaban J connectivity index is 1.67. The van der Waals surface area contributed by atoms with Crippen LogP contribution in [0.3, 0.4) is 0 Å². The summed E-state index contributed by atoms with van der Waals surface area (Å²) in [5.41, 5.74) is 2.22. The van der Waals surface area contributed by atoms with Gasteiger partial charge in [0.15, 0.2) is 0 Å². The van der Waals surface area contributed by atoms with Crippen molar-refractivity contribution in [2.45, 2.75) is 25.9 Å². The van der Waals surface area contributed by atoms with Crippen molar-refractivity contribution in [1.29, 1.82) is 0 Å². The molecule has 30 heavy (non-hydrogen) atoms. The summed E-state index contributed by atoms with van der Waals surface area (Å²) in [6, 6.07) is 18.7. The molecular formula is C23H22N4O3. The summed E-state index contributed by atoms with van der Waals surface area (Å²) in [6.45, 7) is 1.71. The second-order valence-corrected chi connectivity index (χ2v) is 7.22. The molecule has 0 aliphatic carbocycles. The van der Waals surface area contributed by atoms with Gasteiger partial charge in [-0.1, -0.05) is 53.7 Å². The van der Waals surface area contributed by atoms with Crippen LogP contribution in [-0.4, -0.2) is 32.8 Å². The van der Waals surface area contributed by atoms with Crippen molar-refractivity contribution < 1.29 is 9.32 Å². The SMILES string of the molecule is C[C@@H](c1ccon1)N(C)C(=O)Cn1nc(Cc2ccccc2)c2ccccc2c1=O. The quantitative estimate of drug-likeness (QED) is 0.495. The van der Waals surface area contributed by atoms with E-state index in [1.807, 2.05) is 55.5 Å². The summed E-state index contributed by atoms with van der Waals surface area (Å²) < 4.78 is 6.13. The van der Waals surface area contributed by atoms with Crippen molar-refractivity contribution in [1.82, 2.24) is 19.8 Å². The summed E-state index contributed by atoms with van der Waals surface area (Å²) >= 11 is 0. The van der Waals surface area contributed by atoms with Gasteiger partial charge >= 0.3 is 0 Å². The largest absolute Gasteiger partial charge is 0.364 e. The maximum Gasteiger partial charge on any atom is 0.275 e. The monoisotopic (exact) mass is 402 g/mol. The van der Waals surface area contributed by atoms with Crippen LogP contribution in [0, 0.1) is 0 Å². The first kappa shape index (κ1) is 19.6. The Morgan fingerprint density at radius 1 is 1.07 bits per heavy atom. The first-order valence-corrected chi connectivity index (χ1v) is 9.73. The van der Waals surface area contributed by atoms with E-state index in [0.717, 1.165) is 16.6 Å². The molecule has 4 aromatic rings. The predicted octanol–water partition coefficient (Wildman–Crippen LogP) is 3.19. The van der Waals surface area contributed by atoms with Crippen molar-refractivity contribution in [3.05, 3.63) is 94.2 Å². The third-order valence-corrected chi connectivity index (χ3v) is 5.30. The van der Waals surface area contributed by atoms with Crippen LogP contribution >= 0.6 is 0 Å². The van der Waals surface area contributed by atoms with E-state index in [2.05, 4.69) is 10.3 Å². The van der Waals surface area contributed by atoms with Gasteiger partial charge in [0, 0.05) is 24.9 Å². The molecule has 7 heteroatoms. The third-order valence-electron chi connectivity index (χ3n) is 5.30. The van der Waals surface area contributed by atoms with Gasteiger partial charge in [0.2, 0.25) is 5.91 Å². The molecule has 0 bridgehead atoms. The number of amides is 1.